The van der Waals surface area contributed by atoms with Gasteiger partial charge in [-0.3, -0.25) is 0 Å². The number of hydrogen-bond donors (Lipinski definition) is 0. The van der Waals surface area contributed by atoms with Gasteiger partial charge in [0.2, 0.25) is 0 Å². The molecule has 0 fully saturated rings. The summed E-state index contributed by atoms with van der Waals surface area (Å²) in [5.41, 5.74) is 16.9. The third-order valence-electron chi connectivity index (χ3n) is 12.7. The molecule has 12 aromatic rings. The molecule has 300 valence electrons. The lowest BCUT2D eigenvalue weighted by Crippen LogP contribution is -2.10. The average molecular weight is 816 g/mol. The van der Waals surface area contributed by atoms with Crippen molar-refractivity contribution in [3.05, 3.63) is 249 Å². The molecular formula is C62H41NO. The summed E-state index contributed by atoms with van der Waals surface area (Å²) in [5.74, 6) is 0. The summed E-state index contributed by atoms with van der Waals surface area (Å²) in [6, 6.07) is 89.6. The monoisotopic (exact) mass is 815 g/mol. The molecule has 0 saturated heterocycles. The highest BCUT2D eigenvalue weighted by Crippen LogP contribution is 2.43. The van der Waals surface area contributed by atoms with E-state index in [1.165, 1.54) is 60.7 Å². The number of anilines is 3. The van der Waals surface area contributed by atoms with E-state index in [-0.39, 0.29) is 0 Å². The van der Waals surface area contributed by atoms with Gasteiger partial charge in [0.25, 0.3) is 0 Å². The first-order valence-electron chi connectivity index (χ1n) is 21.9. The van der Waals surface area contributed by atoms with E-state index in [1.54, 1.807) is 0 Å². The molecule has 2 heteroatoms. The van der Waals surface area contributed by atoms with E-state index in [0.29, 0.717) is 0 Å². The van der Waals surface area contributed by atoms with Gasteiger partial charge in [-0.1, -0.05) is 188 Å². The van der Waals surface area contributed by atoms with Gasteiger partial charge >= 0.3 is 0 Å². The fourth-order valence-electron chi connectivity index (χ4n) is 9.51. The van der Waals surface area contributed by atoms with Crippen LogP contribution in [-0.4, -0.2) is 0 Å². The Hall–Kier alpha value is -8.46. The van der Waals surface area contributed by atoms with Crippen molar-refractivity contribution in [2.45, 2.75) is 0 Å². The standard InChI is InChI=1S/C62H41NO/c1-2-13-42(14-3-1)47-18-8-19-48(39-47)43-29-34-52(35-30-43)63(53-36-31-44(32-37-53)49-20-9-21-50(40-49)56-26-11-17-45-15-4-6-24-55(45)56)54-23-10-22-51(41-54)57-27-12-28-60-61(57)59-38-33-46-16-5-7-25-58(46)62(59)64-60/h1-41H. The molecule has 0 saturated carbocycles. The maximum absolute atomic E-state index is 6.61. The lowest BCUT2D eigenvalue weighted by Gasteiger charge is -2.26. The number of hydrogen-bond acceptors (Lipinski definition) is 2. The van der Waals surface area contributed by atoms with E-state index in [2.05, 4.69) is 254 Å². The predicted octanol–water partition coefficient (Wildman–Crippen LogP) is 17.7. The van der Waals surface area contributed by atoms with Gasteiger partial charge in [-0.2, -0.15) is 0 Å². The van der Waals surface area contributed by atoms with E-state index < -0.39 is 0 Å². The molecule has 0 aliphatic rings. The fourth-order valence-corrected chi connectivity index (χ4v) is 9.51. The van der Waals surface area contributed by atoms with Crippen LogP contribution in [0.1, 0.15) is 0 Å². The van der Waals surface area contributed by atoms with Crippen LogP contribution in [0, 0.1) is 0 Å². The van der Waals surface area contributed by atoms with Gasteiger partial charge in [0.05, 0.1) is 0 Å². The van der Waals surface area contributed by atoms with Crippen LogP contribution in [0.15, 0.2) is 253 Å². The molecular weight excluding hydrogens is 775 g/mol. The highest BCUT2D eigenvalue weighted by molar-refractivity contribution is 6.19. The molecule has 0 bridgehead atoms. The summed E-state index contributed by atoms with van der Waals surface area (Å²) in [4.78, 5) is 2.37. The summed E-state index contributed by atoms with van der Waals surface area (Å²) in [6.07, 6.45) is 0. The summed E-state index contributed by atoms with van der Waals surface area (Å²) >= 11 is 0. The SMILES string of the molecule is c1ccc(-c2cccc(-c3ccc(N(c4ccc(-c5cccc(-c6cccc7ccccc67)c5)cc4)c4cccc(-c5cccc6oc7c8ccccc8ccc7c56)c4)cc3)c2)cc1. The molecule has 0 aliphatic heterocycles. The van der Waals surface area contributed by atoms with Gasteiger partial charge in [-0.15, -0.1) is 0 Å². The number of furan rings is 1. The molecule has 0 N–H and O–H groups in total. The topological polar surface area (TPSA) is 16.4 Å². The highest BCUT2D eigenvalue weighted by Gasteiger charge is 2.18. The lowest BCUT2D eigenvalue weighted by molar-refractivity contribution is 0.673. The Morgan fingerprint density at radius 2 is 0.750 bits per heavy atom. The van der Waals surface area contributed by atoms with Crippen molar-refractivity contribution in [1.29, 1.82) is 0 Å². The van der Waals surface area contributed by atoms with Crippen molar-refractivity contribution in [3.63, 3.8) is 0 Å². The van der Waals surface area contributed by atoms with Gasteiger partial charge in [0.15, 0.2) is 0 Å². The maximum atomic E-state index is 6.61. The van der Waals surface area contributed by atoms with Crippen LogP contribution >= 0.6 is 0 Å². The zero-order valence-corrected chi connectivity index (χ0v) is 35.0. The summed E-state index contributed by atoms with van der Waals surface area (Å²) < 4.78 is 6.61. The summed E-state index contributed by atoms with van der Waals surface area (Å²) in [6.45, 7) is 0. The molecule has 0 amide bonds. The molecule has 0 atom stereocenters. The molecule has 0 unspecified atom stereocenters. The predicted molar refractivity (Wildman–Crippen MR) is 271 cm³/mol. The van der Waals surface area contributed by atoms with Crippen LogP contribution in [0.25, 0.3) is 99.1 Å². The number of rotatable bonds is 8. The van der Waals surface area contributed by atoms with Crippen molar-refractivity contribution in [3.8, 4) is 55.6 Å². The Kier molecular flexibility index (Phi) is 9.20. The van der Waals surface area contributed by atoms with E-state index >= 15 is 0 Å². The molecule has 12 rings (SSSR count). The summed E-state index contributed by atoms with van der Waals surface area (Å²) in [7, 11) is 0. The second-order valence-electron chi connectivity index (χ2n) is 16.5. The van der Waals surface area contributed by atoms with Gasteiger partial charge in [-0.05, 0) is 132 Å². The minimum Gasteiger partial charge on any atom is -0.455 e. The summed E-state index contributed by atoms with van der Waals surface area (Å²) in [5, 5.41) is 7.06. The Morgan fingerprint density at radius 1 is 0.266 bits per heavy atom. The second-order valence-corrected chi connectivity index (χ2v) is 16.5. The Morgan fingerprint density at radius 3 is 1.45 bits per heavy atom. The Labute approximate surface area is 372 Å². The molecule has 0 aliphatic carbocycles. The number of nitrogens with zero attached hydrogens (tertiary/aromatic N) is 1. The number of benzene rings is 11. The molecule has 2 nitrogen and oxygen atoms in total. The van der Waals surface area contributed by atoms with Crippen molar-refractivity contribution in [2.75, 3.05) is 4.90 Å². The van der Waals surface area contributed by atoms with Crippen molar-refractivity contribution in [2.24, 2.45) is 0 Å². The van der Waals surface area contributed by atoms with Gasteiger partial charge < -0.3 is 9.32 Å². The molecule has 0 spiro atoms. The molecule has 11 aromatic carbocycles. The van der Waals surface area contributed by atoms with Gasteiger partial charge in [0.1, 0.15) is 11.2 Å². The minimum absolute atomic E-state index is 0.887. The lowest BCUT2D eigenvalue weighted by atomic mass is 9.95. The van der Waals surface area contributed by atoms with E-state index in [9.17, 15) is 0 Å². The highest BCUT2D eigenvalue weighted by atomic mass is 16.3. The van der Waals surface area contributed by atoms with Crippen molar-refractivity contribution < 1.29 is 4.42 Å². The van der Waals surface area contributed by atoms with Crippen LogP contribution in [0.2, 0.25) is 0 Å². The van der Waals surface area contributed by atoms with E-state index in [0.717, 1.165) is 55.5 Å². The third-order valence-corrected chi connectivity index (χ3v) is 12.7. The van der Waals surface area contributed by atoms with E-state index in [1.807, 2.05) is 0 Å². The number of fused-ring (bicyclic) bond motifs is 6. The smallest absolute Gasteiger partial charge is 0.143 e. The molecule has 0 radical (unpaired) electrons. The minimum atomic E-state index is 0.887. The first kappa shape index (κ1) is 37.3. The van der Waals surface area contributed by atoms with Crippen LogP contribution in [-0.2, 0) is 0 Å². The second kappa shape index (κ2) is 15.8. The quantitative estimate of drug-likeness (QED) is 0.152. The van der Waals surface area contributed by atoms with Crippen LogP contribution < -0.4 is 4.90 Å². The zero-order chi connectivity index (χ0) is 42.4. The fraction of sp³-hybridized carbons (Fsp3) is 0. The van der Waals surface area contributed by atoms with Gasteiger partial charge in [0, 0.05) is 33.2 Å². The normalized spacial score (nSPS) is 11.4. The third kappa shape index (κ3) is 6.70. The average Bonchev–Trinajstić information content (AvgIpc) is 3.77. The maximum Gasteiger partial charge on any atom is 0.143 e. The van der Waals surface area contributed by atoms with Crippen molar-refractivity contribution >= 4 is 60.5 Å². The Balaban J connectivity index is 0.952. The Bertz CT molecular complexity index is 3650. The van der Waals surface area contributed by atoms with Gasteiger partial charge in [-0.25, -0.2) is 0 Å². The largest absolute Gasteiger partial charge is 0.455 e. The molecule has 1 aromatic heterocycles. The first-order valence-corrected chi connectivity index (χ1v) is 21.9. The van der Waals surface area contributed by atoms with Crippen LogP contribution in [0.4, 0.5) is 17.1 Å². The van der Waals surface area contributed by atoms with Crippen LogP contribution in [0.3, 0.4) is 0 Å². The molecule has 1 heterocycles. The zero-order valence-electron chi connectivity index (χ0n) is 35.0. The first-order chi connectivity index (χ1) is 31.7. The van der Waals surface area contributed by atoms with Crippen LogP contribution in [0.5, 0.6) is 0 Å². The van der Waals surface area contributed by atoms with Crippen molar-refractivity contribution in [1.82, 2.24) is 0 Å². The van der Waals surface area contributed by atoms with E-state index in [4.69, 9.17) is 4.42 Å². The molecule has 64 heavy (non-hydrogen) atoms.